The summed E-state index contributed by atoms with van der Waals surface area (Å²) >= 11 is 3.71. The predicted molar refractivity (Wildman–Crippen MR) is 78.2 cm³/mol. The molecule has 0 N–H and O–H groups in total. The van der Waals surface area contributed by atoms with Crippen LogP contribution in [0.15, 0.2) is 42.6 Å². The second-order valence-electron chi connectivity index (χ2n) is 4.32. The zero-order valence-electron chi connectivity index (χ0n) is 10.5. The van der Waals surface area contributed by atoms with Gasteiger partial charge in [0.2, 0.25) is 5.95 Å². The molecule has 4 heteroatoms. The minimum Gasteiger partial charge on any atom is -0.347 e. The van der Waals surface area contributed by atoms with E-state index in [1.807, 2.05) is 37.3 Å². The van der Waals surface area contributed by atoms with Gasteiger partial charge in [0, 0.05) is 37.2 Å². The van der Waals surface area contributed by atoms with E-state index in [2.05, 4.69) is 50.2 Å². The van der Waals surface area contributed by atoms with E-state index in [0.29, 0.717) is 0 Å². The van der Waals surface area contributed by atoms with Gasteiger partial charge in [-0.3, -0.25) is 0 Å². The van der Waals surface area contributed by atoms with E-state index in [0.717, 1.165) is 18.1 Å². The van der Waals surface area contributed by atoms with Crippen LogP contribution >= 0.6 is 15.9 Å². The number of alkyl halides is 1. The molecule has 0 bridgehead atoms. The highest BCUT2D eigenvalue weighted by atomic mass is 79.9. The Morgan fingerprint density at radius 2 is 1.89 bits per heavy atom. The Labute approximate surface area is 116 Å². The van der Waals surface area contributed by atoms with Crippen molar-refractivity contribution in [2.24, 2.45) is 0 Å². The van der Waals surface area contributed by atoms with E-state index in [4.69, 9.17) is 0 Å². The van der Waals surface area contributed by atoms with Crippen molar-refractivity contribution in [3.05, 3.63) is 53.9 Å². The van der Waals surface area contributed by atoms with Crippen LogP contribution in [0.2, 0.25) is 0 Å². The van der Waals surface area contributed by atoms with Gasteiger partial charge in [0.05, 0.1) is 0 Å². The maximum absolute atomic E-state index is 4.52. The van der Waals surface area contributed by atoms with Gasteiger partial charge in [-0.1, -0.05) is 46.3 Å². The molecule has 94 valence electrons. The molecule has 2 aromatic rings. The number of rotatable bonds is 4. The third-order valence-corrected chi connectivity index (χ3v) is 3.50. The maximum atomic E-state index is 4.52. The van der Waals surface area contributed by atoms with Gasteiger partial charge in [0.1, 0.15) is 0 Å². The molecule has 1 atom stereocenters. The van der Waals surface area contributed by atoms with E-state index in [-0.39, 0.29) is 4.83 Å². The van der Waals surface area contributed by atoms with Crippen LogP contribution in [0.5, 0.6) is 0 Å². The number of aromatic nitrogens is 2. The summed E-state index contributed by atoms with van der Waals surface area (Å²) in [6.45, 7) is 0. The third-order valence-electron chi connectivity index (χ3n) is 2.65. The van der Waals surface area contributed by atoms with Crippen molar-refractivity contribution in [2.75, 3.05) is 19.0 Å². The van der Waals surface area contributed by atoms with Crippen LogP contribution in [0.3, 0.4) is 0 Å². The quantitative estimate of drug-likeness (QED) is 0.812. The van der Waals surface area contributed by atoms with Crippen LogP contribution in [0.25, 0.3) is 0 Å². The third kappa shape index (κ3) is 3.29. The number of benzene rings is 1. The van der Waals surface area contributed by atoms with Gasteiger partial charge in [-0.2, -0.15) is 0 Å². The summed E-state index contributed by atoms with van der Waals surface area (Å²) in [5, 5.41) is 0. The van der Waals surface area contributed by atoms with Crippen LogP contribution in [-0.4, -0.2) is 24.1 Å². The molecule has 0 aliphatic rings. The van der Waals surface area contributed by atoms with Crippen LogP contribution in [-0.2, 0) is 6.42 Å². The topological polar surface area (TPSA) is 29.0 Å². The van der Waals surface area contributed by atoms with Gasteiger partial charge in [-0.05, 0) is 11.6 Å². The maximum Gasteiger partial charge on any atom is 0.224 e. The predicted octanol–water partition coefficient (Wildman–Crippen LogP) is 3.22. The molecule has 18 heavy (non-hydrogen) atoms. The smallest absolute Gasteiger partial charge is 0.224 e. The molecule has 0 spiro atoms. The summed E-state index contributed by atoms with van der Waals surface area (Å²) in [4.78, 5) is 10.9. The first-order chi connectivity index (χ1) is 8.66. The number of nitrogens with zero attached hydrogens (tertiary/aromatic N) is 3. The largest absolute Gasteiger partial charge is 0.347 e. The van der Waals surface area contributed by atoms with E-state index in [9.17, 15) is 0 Å². The Morgan fingerprint density at radius 3 is 2.56 bits per heavy atom. The molecule has 1 heterocycles. The summed E-state index contributed by atoms with van der Waals surface area (Å²) < 4.78 is 0. The second kappa shape index (κ2) is 5.96. The molecule has 1 unspecified atom stereocenters. The average Bonchev–Trinajstić information content (AvgIpc) is 2.40. The van der Waals surface area contributed by atoms with Gasteiger partial charge in [0.15, 0.2) is 0 Å². The zero-order valence-corrected chi connectivity index (χ0v) is 12.1. The molecular weight excluding hydrogens is 290 g/mol. The normalized spacial score (nSPS) is 12.2. The molecule has 0 fully saturated rings. The number of halogens is 1. The van der Waals surface area contributed by atoms with Gasteiger partial charge in [-0.15, -0.1) is 0 Å². The summed E-state index contributed by atoms with van der Waals surface area (Å²) in [6.07, 6.45) is 2.66. The molecule has 0 saturated carbocycles. The molecule has 2 rings (SSSR count). The highest BCUT2D eigenvalue weighted by molar-refractivity contribution is 9.09. The fourth-order valence-electron chi connectivity index (χ4n) is 1.68. The van der Waals surface area contributed by atoms with Crippen LogP contribution < -0.4 is 4.90 Å². The zero-order chi connectivity index (χ0) is 13.0. The molecule has 1 aromatic carbocycles. The monoisotopic (exact) mass is 305 g/mol. The minimum atomic E-state index is 0.281. The van der Waals surface area contributed by atoms with Crippen LogP contribution in [0, 0.1) is 0 Å². The van der Waals surface area contributed by atoms with Crippen molar-refractivity contribution < 1.29 is 0 Å². The molecule has 0 radical (unpaired) electrons. The lowest BCUT2D eigenvalue weighted by Crippen LogP contribution is -2.13. The second-order valence-corrected chi connectivity index (χ2v) is 5.43. The Kier molecular flexibility index (Phi) is 4.31. The minimum absolute atomic E-state index is 0.281. The Bertz CT molecular complexity index is 499. The Balaban J connectivity index is 2.12. The van der Waals surface area contributed by atoms with Gasteiger partial charge >= 0.3 is 0 Å². The van der Waals surface area contributed by atoms with E-state index in [1.54, 1.807) is 0 Å². The lowest BCUT2D eigenvalue weighted by molar-refractivity contribution is 0.876. The standard InChI is InChI=1S/C14H16BrN3/c1-18(2)14-16-9-8-12(17-14)10-13(15)11-6-4-3-5-7-11/h3-9,13H,10H2,1-2H3. The van der Waals surface area contributed by atoms with Gasteiger partial charge < -0.3 is 4.90 Å². The summed E-state index contributed by atoms with van der Waals surface area (Å²) in [5.41, 5.74) is 2.31. The molecule has 0 amide bonds. The lowest BCUT2D eigenvalue weighted by Gasteiger charge is -2.13. The van der Waals surface area contributed by atoms with Crippen molar-refractivity contribution in [1.29, 1.82) is 0 Å². The average molecular weight is 306 g/mol. The molecule has 3 nitrogen and oxygen atoms in total. The van der Waals surface area contributed by atoms with E-state index >= 15 is 0 Å². The van der Waals surface area contributed by atoms with Gasteiger partial charge in [0.25, 0.3) is 0 Å². The Hall–Kier alpha value is -1.42. The highest BCUT2D eigenvalue weighted by Crippen LogP contribution is 2.26. The number of hydrogen-bond donors (Lipinski definition) is 0. The summed E-state index contributed by atoms with van der Waals surface area (Å²) in [7, 11) is 3.89. The summed E-state index contributed by atoms with van der Waals surface area (Å²) in [5.74, 6) is 0.750. The fourth-order valence-corrected chi connectivity index (χ4v) is 2.31. The lowest BCUT2D eigenvalue weighted by atomic mass is 10.1. The molecule has 0 aliphatic heterocycles. The SMILES string of the molecule is CN(C)c1nccc(CC(Br)c2ccccc2)n1. The van der Waals surface area contributed by atoms with Crippen molar-refractivity contribution in [3.8, 4) is 0 Å². The van der Waals surface area contributed by atoms with Gasteiger partial charge in [-0.25, -0.2) is 9.97 Å². The molecule has 1 aromatic heterocycles. The number of hydrogen-bond acceptors (Lipinski definition) is 3. The number of anilines is 1. The molecule has 0 aliphatic carbocycles. The summed E-state index contributed by atoms with van der Waals surface area (Å²) in [6, 6.07) is 12.3. The van der Waals surface area contributed by atoms with E-state index in [1.165, 1.54) is 5.56 Å². The van der Waals surface area contributed by atoms with Crippen molar-refractivity contribution in [3.63, 3.8) is 0 Å². The highest BCUT2D eigenvalue weighted by Gasteiger charge is 2.10. The first kappa shape index (κ1) is 13.0. The van der Waals surface area contributed by atoms with Crippen molar-refractivity contribution in [2.45, 2.75) is 11.2 Å². The van der Waals surface area contributed by atoms with Crippen molar-refractivity contribution >= 4 is 21.9 Å². The van der Waals surface area contributed by atoms with Crippen molar-refractivity contribution in [1.82, 2.24) is 9.97 Å². The molecular formula is C14H16BrN3. The Morgan fingerprint density at radius 1 is 1.17 bits per heavy atom. The first-order valence-electron chi connectivity index (χ1n) is 5.85. The van der Waals surface area contributed by atoms with Crippen LogP contribution in [0.1, 0.15) is 16.1 Å². The van der Waals surface area contributed by atoms with E-state index < -0.39 is 0 Å². The molecule has 0 saturated heterocycles. The van der Waals surface area contributed by atoms with Crippen LogP contribution in [0.4, 0.5) is 5.95 Å². The fraction of sp³-hybridized carbons (Fsp3) is 0.286. The first-order valence-corrected chi connectivity index (χ1v) is 6.76.